The number of benzene rings is 3. The number of hydrogen-bond donors (Lipinski definition) is 2. The van der Waals surface area contributed by atoms with Crippen LogP contribution in [0, 0.1) is 0 Å². The summed E-state index contributed by atoms with van der Waals surface area (Å²) in [5, 5.41) is 6.27. The zero-order chi connectivity index (χ0) is 30.9. The fraction of sp³-hybridized carbons (Fsp3) is 0.257. The van der Waals surface area contributed by atoms with Crippen molar-refractivity contribution in [3.05, 3.63) is 103 Å². The van der Waals surface area contributed by atoms with Gasteiger partial charge in [-0.2, -0.15) is 4.98 Å². The van der Waals surface area contributed by atoms with Gasteiger partial charge in [0.25, 0.3) is 0 Å². The second-order valence-electron chi connectivity index (χ2n) is 11.7. The number of carbonyl (C=O) groups is 2. The molecule has 2 N–H and O–H groups in total. The van der Waals surface area contributed by atoms with Crippen molar-refractivity contribution >= 4 is 52.1 Å². The molecular weight excluding hydrogens is 564 g/mol. The summed E-state index contributed by atoms with van der Waals surface area (Å²) in [5.74, 6) is 0.585. The molecule has 10 nitrogen and oxygen atoms in total. The van der Waals surface area contributed by atoms with E-state index in [9.17, 15) is 9.59 Å². The summed E-state index contributed by atoms with van der Waals surface area (Å²) in [7, 11) is 2.19. The Morgan fingerprint density at radius 3 is 2.56 bits per heavy atom. The van der Waals surface area contributed by atoms with Crippen LogP contribution < -0.4 is 25.3 Å². The second-order valence-corrected chi connectivity index (χ2v) is 11.7. The molecule has 3 aromatic carbocycles. The maximum atomic E-state index is 14.2. The maximum absolute atomic E-state index is 14.2. The van der Waals surface area contributed by atoms with Gasteiger partial charge in [-0.1, -0.05) is 36.9 Å². The highest BCUT2D eigenvalue weighted by atomic mass is 16.2. The van der Waals surface area contributed by atoms with Gasteiger partial charge in [-0.3, -0.25) is 9.69 Å². The van der Waals surface area contributed by atoms with Gasteiger partial charge >= 0.3 is 6.03 Å². The topological polar surface area (TPSA) is 96.9 Å². The molecule has 4 heterocycles. The first-order valence-electron chi connectivity index (χ1n) is 15.4. The number of para-hydroxylation sites is 1. The van der Waals surface area contributed by atoms with Gasteiger partial charge in [0, 0.05) is 52.7 Å². The van der Waals surface area contributed by atoms with Crippen molar-refractivity contribution in [1.29, 1.82) is 0 Å². The number of amides is 3. The Balaban J connectivity index is 1.23. The highest BCUT2D eigenvalue weighted by Crippen LogP contribution is 2.40. The van der Waals surface area contributed by atoms with Crippen LogP contribution in [0.1, 0.15) is 24.0 Å². The highest BCUT2D eigenvalue weighted by molar-refractivity contribution is 6.10. The van der Waals surface area contributed by atoms with Crippen LogP contribution in [-0.2, 0) is 17.8 Å². The predicted octanol–water partition coefficient (Wildman–Crippen LogP) is 6.08. The number of hydrogen-bond acceptors (Lipinski definition) is 7. The Kier molecular flexibility index (Phi) is 7.64. The first kappa shape index (κ1) is 28.5. The van der Waals surface area contributed by atoms with E-state index in [1.54, 1.807) is 34.2 Å². The maximum Gasteiger partial charge on any atom is 0.335 e. The first-order chi connectivity index (χ1) is 22.0. The van der Waals surface area contributed by atoms with Crippen LogP contribution in [0.4, 0.5) is 45.0 Å². The molecular formula is C35H36N8O2. The van der Waals surface area contributed by atoms with Gasteiger partial charge in [0.15, 0.2) is 5.82 Å². The Morgan fingerprint density at radius 1 is 0.978 bits per heavy atom. The van der Waals surface area contributed by atoms with Crippen LogP contribution in [0.25, 0.3) is 0 Å². The number of nitrogens with zero attached hydrogens (tertiary/aromatic N) is 6. The summed E-state index contributed by atoms with van der Waals surface area (Å²) in [4.78, 5) is 44.1. The van der Waals surface area contributed by atoms with E-state index in [1.165, 1.54) is 30.2 Å². The lowest BCUT2D eigenvalue weighted by Gasteiger charge is -2.36. The number of aromatic nitrogens is 2. The molecule has 0 bridgehead atoms. The summed E-state index contributed by atoms with van der Waals surface area (Å²) in [6.07, 6.45) is 6.30. The van der Waals surface area contributed by atoms with Crippen molar-refractivity contribution in [2.24, 2.45) is 0 Å². The summed E-state index contributed by atoms with van der Waals surface area (Å²) in [5.41, 5.74) is 6.22. The van der Waals surface area contributed by atoms with Crippen molar-refractivity contribution in [1.82, 2.24) is 14.9 Å². The predicted molar refractivity (Wildman–Crippen MR) is 179 cm³/mol. The third kappa shape index (κ3) is 5.60. The van der Waals surface area contributed by atoms with Crippen LogP contribution in [0.5, 0.6) is 0 Å². The van der Waals surface area contributed by atoms with Crippen LogP contribution in [0.15, 0.2) is 91.6 Å². The Bertz CT molecular complexity index is 1750. The smallest absolute Gasteiger partial charge is 0.335 e. The van der Waals surface area contributed by atoms with E-state index < -0.39 is 0 Å². The lowest BCUT2D eigenvalue weighted by atomic mass is 10.0. The molecule has 0 saturated carbocycles. The molecule has 45 heavy (non-hydrogen) atoms. The summed E-state index contributed by atoms with van der Waals surface area (Å²) < 4.78 is 0. The van der Waals surface area contributed by atoms with Gasteiger partial charge in [-0.25, -0.2) is 14.7 Å². The molecule has 3 aliphatic heterocycles. The van der Waals surface area contributed by atoms with Crippen molar-refractivity contribution in [2.45, 2.75) is 31.8 Å². The normalized spacial score (nSPS) is 16.7. The largest absolute Gasteiger partial charge is 0.368 e. The number of anilines is 7. The average Bonchev–Trinajstić information content (AvgIpc) is 3.50. The SMILES string of the molecule is C=CC(=O)Nc1cccc(N2C(=O)N(c3ccccc3)Cc3cnc(Nc4cccc5c4CCN5C4CCN(C)CC4)nc32)c1. The Morgan fingerprint density at radius 2 is 1.76 bits per heavy atom. The molecule has 7 rings (SSSR count). The van der Waals surface area contributed by atoms with E-state index >= 15 is 0 Å². The molecule has 1 fully saturated rings. The third-order valence-corrected chi connectivity index (χ3v) is 8.87. The quantitative estimate of drug-likeness (QED) is 0.248. The molecule has 0 atom stereocenters. The summed E-state index contributed by atoms with van der Waals surface area (Å²) >= 11 is 0. The van der Waals surface area contributed by atoms with E-state index in [1.807, 2.05) is 36.4 Å². The molecule has 0 aliphatic carbocycles. The number of piperidine rings is 1. The Hall–Kier alpha value is -5.22. The molecule has 4 aromatic rings. The monoisotopic (exact) mass is 600 g/mol. The molecule has 1 aromatic heterocycles. The van der Waals surface area contributed by atoms with Gasteiger partial charge in [0.2, 0.25) is 11.9 Å². The number of nitrogens with one attached hydrogen (secondary N) is 2. The van der Waals surface area contributed by atoms with Crippen molar-refractivity contribution in [3.8, 4) is 0 Å². The van der Waals surface area contributed by atoms with Crippen LogP contribution >= 0.6 is 0 Å². The number of fused-ring (bicyclic) bond motifs is 2. The summed E-state index contributed by atoms with van der Waals surface area (Å²) in [6, 6.07) is 23.4. The van der Waals surface area contributed by atoms with Gasteiger partial charge in [-0.05, 0) is 87.9 Å². The van der Waals surface area contributed by atoms with Crippen LogP contribution in [0.2, 0.25) is 0 Å². The molecule has 3 amide bonds. The molecule has 0 radical (unpaired) electrons. The fourth-order valence-corrected chi connectivity index (χ4v) is 6.55. The van der Waals surface area contributed by atoms with E-state index in [0.29, 0.717) is 35.7 Å². The molecule has 0 unspecified atom stereocenters. The standard InChI is InChI=1S/C35H36N8O2/c1-3-32(44)37-25-9-7-12-28(21-25)43-33-24(23-42(35(43)45)26-10-5-4-6-11-26)22-36-34(39-33)38-30-13-8-14-31-29(30)17-20-41(31)27-15-18-40(2)19-16-27/h3-14,21-22,27H,1,15-20,23H2,2H3,(H,37,44)(H,36,38,39). The minimum Gasteiger partial charge on any atom is -0.368 e. The van der Waals surface area contributed by atoms with Crippen molar-refractivity contribution in [3.63, 3.8) is 0 Å². The van der Waals surface area contributed by atoms with Gasteiger partial charge in [0.1, 0.15) is 0 Å². The second kappa shape index (κ2) is 12.0. The molecule has 10 heteroatoms. The zero-order valence-corrected chi connectivity index (χ0v) is 25.3. The number of likely N-dealkylation sites (tertiary alicyclic amines) is 1. The lowest BCUT2D eigenvalue weighted by molar-refractivity contribution is -0.111. The first-order valence-corrected chi connectivity index (χ1v) is 15.4. The number of carbonyl (C=O) groups excluding carboxylic acids is 2. The van der Waals surface area contributed by atoms with Gasteiger partial charge in [-0.15, -0.1) is 0 Å². The number of rotatable bonds is 7. The van der Waals surface area contributed by atoms with Crippen molar-refractivity contribution in [2.75, 3.05) is 52.0 Å². The van der Waals surface area contributed by atoms with Crippen LogP contribution in [0.3, 0.4) is 0 Å². The molecule has 0 spiro atoms. The average molecular weight is 601 g/mol. The molecule has 228 valence electrons. The lowest BCUT2D eigenvalue weighted by Crippen LogP contribution is -2.45. The van der Waals surface area contributed by atoms with E-state index in [4.69, 9.17) is 9.97 Å². The third-order valence-electron chi connectivity index (χ3n) is 8.87. The number of urea groups is 1. The Labute approximate surface area is 263 Å². The molecule has 1 saturated heterocycles. The van der Waals surface area contributed by atoms with Gasteiger partial charge < -0.3 is 20.4 Å². The van der Waals surface area contributed by atoms with Crippen molar-refractivity contribution < 1.29 is 9.59 Å². The van der Waals surface area contributed by atoms with E-state index in [2.05, 4.69) is 52.3 Å². The minimum absolute atomic E-state index is 0.250. The fourth-order valence-electron chi connectivity index (χ4n) is 6.55. The van der Waals surface area contributed by atoms with E-state index in [0.717, 1.165) is 43.0 Å². The van der Waals surface area contributed by atoms with Gasteiger partial charge in [0.05, 0.1) is 12.2 Å². The zero-order valence-electron chi connectivity index (χ0n) is 25.3. The summed E-state index contributed by atoms with van der Waals surface area (Å²) in [6.45, 7) is 7.12. The van der Waals surface area contributed by atoms with Crippen LogP contribution in [-0.4, -0.2) is 59.5 Å². The molecule has 3 aliphatic rings. The minimum atomic E-state index is -0.331. The van der Waals surface area contributed by atoms with E-state index in [-0.39, 0.29) is 11.9 Å². The highest BCUT2D eigenvalue weighted by Gasteiger charge is 2.35.